The minimum absolute atomic E-state index is 0.299. The Morgan fingerprint density at radius 1 is 1.41 bits per heavy atom. The minimum atomic E-state index is -0.597. The number of nitrogen functional groups attached to an aromatic ring is 1. The van der Waals surface area contributed by atoms with E-state index in [2.05, 4.69) is 14.9 Å². The van der Waals surface area contributed by atoms with Gasteiger partial charge in [-0.1, -0.05) is 11.6 Å². The van der Waals surface area contributed by atoms with Gasteiger partial charge in [0.2, 0.25) is 0 Å². The lowest BCUT2D eigenvalue weighted by atomic mass is 9.98. The molecule has 0 aromatic carbocycles. The number of nitrogens with two attached hydrogens (primary N) is 1. The molecule has 1 aromatic rings. The molecule has 2 rings (SSSR count). The van der Waals surface area contributed by atoms with Crippen molar-refractivity contribution < 1.29 is 5.11 Å². The maximum absolute atomic E-state index is 10.0. The highest BCUT2D eigenvalue weighted by Gasteiger charge is 2.26. The van der Waals surface area contributed by atoms with Crippen LogP contribution in [0.15, 0.2) is 6.33 Å². The predicted octanol–water partition coefficient (Wildman–Crippen LogP) is 1.45. The summed E-state index contributed by atoms with van der Waals surface area (Å²) in [5, 5.41) is 10.4. The first-order valence-electron chi connectivity index (χ1n) is 5.73. The number of anilines is 2. The van der Waals surface area contributed by atoms with Crippen molar-refractivity contribution in [3.05, 3.63) is 11.3 Å². The van der Waals surface area contributed by atoms with Gasteiger partial charge in [-0.3, -0.25) is 0 Å². The van der Waals surface area contributed by atoms with Gasteiger partial charge in [-0.25, -0.2) is 9.97 Å². The van der Waals surface area contributed by atoms with Crippen molar-refractivity contribution in [1.29, 1.82) is 0 Å². The molecule has 1 aromatic heterocycles. The molecule has 1 atom stereocenters. The van der Waals surface area contributed by atoms with Crippen LogP contribution >= 0.6 is 11.6 Å². The molecule has 1 aliphatic rings. The topological polar surface area (TPSA) is 75.3 Å². The van der Waals surface area contributed by atoms with Crippen LogP contribution in [0.2, 0.25) is 5.02 Å². The summed E-state index contributed by atoms with van der Waals surface area (Å²) < 4.78 is 0. The van der Waals surface area contributed by atoms with E-state index in [1.807, 2.05) is 6.92 Å². The lowest BCUT2D eigenvalue weighted by molar-refractivity contribution is 0.0481. The Labute approximate surface area is 106 Å². The average molecular weight is 257 g/mol. The van der Waals surface area contributed by atoms with Gasteiger partial charge in [-0.05, 0) is 26.2 Å². The van der Waals surface area contributed by atoms with Crippen LogP contribution in [0.5, 0.6) is 0 Å². The normalized spacial score (nSPS) is 25.7. The van der Waals surface area contributed by atoms with E-state index in [1.165, 1.54) is 6.33 Å². The SMILES string of the molecule is CC1(O)CCCN(c2ncnc(N)c2Cl)CC1. The van der Waals surface area contributed by atoms with Gasteiger partial charge in [0.15, 0.2) is 5.82 Å². The largest absolute Gasteiger partial charge is 0.390 e. The first-order chi connectivity index (χ1) is 7.99. The monoisotopic (exact) mass is 256 g/mol. The first kappa shape index (κ1) is 12.4. The molecule has 2 heterocycles. The lowest BCUT2D eigenvalue weighted by Crippen LogP contribution is -2.29. The zero-order chi connectivity index (χ0) is 12.5. The van der Waals surface area contributed by atoms with Gasteiger partial charge in [0.1, 0.15) is 17.2 Å². The van der Waals surface area contributed by atoms with E-state index in [0.717, 1.165) is 25.9 Å². The van der Waals surface area contributed by atoms with Gasteiger partial charge >= 0.3 is 0 Å². The van der Waals surface area contributed by atoms with Crippen LogP contribution in [-0.4, -0.2) is 33.8 Å². The number of aromatic nitrogens is 2. The Bertz CT molecular complexity index is 410. The third kappa shape index (κ3) is 2.79. The van der Waals surface area contributed by atoms with Crippen molar-refractivity contribution in [3.63, 3.8) is 0 Å². The number of nitrogens with zero attached hydrogens (tertiary/aromatic N) is 3. The highest BCUT2D eigenvalue weighted by atomic mass is 35.5. The molecule has 0 aliphatic carbocycles. The van der Waals surface area contributed by atoms with Crippen molar-refractivity contribution in [2.24, 2.45) is 0 Å². The van der Waals surface area contributed by atoms with Crippen molar-refractivity contribution in [3.8, 4) is 0 Å². The van der Waals surface area contributed by atoms with E-state index in [4.69, 9.17) is 17.3 Å². The summed E-state index contributed by atoms with van der Waals surface area (Å²) in [5.74, 6) is 0.963. The van der Waals surface area contributed by atoms with Crippen LogP contribution < -0.4 is 10.6 Å². The molecule has 94 valence electrons. The van der Waals surface area contributed by atoms with Crippen LogP contribution in [0.4, 0.5) is 11.6 Å². The summed E-state index contributed by atoms with van der Waals surface area (Å²) in [6, 6.07) is 0. The number of aliphatic hydroxyl groups is 1. The van der Waals surface area contributed by atoms with Crippen molar-refractivity contribution >= 4 is 23.2 Å². The Morgan fingerprint density at radius 2 is 2.18 bits per heavy atom. The third-order valence-corrected chi connectivity index (χ3v) is 3.52. The van der Waals surface area contributed by atoms with Gasteiger partial charge in [-0.15, -0.1) is 0 Å². The average Bonchev–Trinajstić information content (AvgIpc) is 2.44. The van der Waals surface area contributed by atoms with Crippen molar-refractivity contribution in [2.45, 2.75) is 31.8 Å². The fourth-order valence-corrected chi connectivity index (χ4v) is 2.29. The molecular formula is C11H17ClN4O. The van der Waals surface area contributed by atoms with Crippen molar-refractivity contribution in [2.75, 3.05) is 23.7 Å². The van der Waals surface area contributed by atoms with Crippen LogP contribution in [-0.2, 0) is 0 Å². The second kappa shape index (κ2) is 4.66. The van der Waals surface area contributed by atoms with Crippen LogP contribution in [0.1, 0.15) is 26.2 Å². The molecule has 0 spiro atoms. The molecule has 6 heteroatoms. The Kier molecular flexibility index (Phi) is 3.40. The van der Waals surface area contributed by atoms with Gasteiger partial charge in [0, 0.05) is 13.1 Å². The number of hydrogen-bond acceptors (Lipinski definition) is 5. The van der Waals surface area contributed by atoms with Crippen LogP contribution in [0, 0.1) is 0 Å². The summed E-state index contributed by atoms with van der Waals surface area (Å²) in [5.41, 5.74) is 5.06. The maximum Gasteiger partial charge on any atom is 0.153 e. The van der Waals surface area contributed by atoms with E-state index in [1.54, 1.807) is 0 Å². The van der Waals surface area contributed by atoms with Gasteiger partial charge in [0.25, 0.3) is 0 Å². The van der Waals surface area contributed by atoms with E-state index >= 15 is 0 Å². The smallest absolute Gasteiger partial charge is 0.153 e. The number of halogens is 1. The van der Waals surface area contributed by atoms with Crippen LogP contribution in [0.3, 0.4) is 0 Å². The molecule has 1 aliphatic heterocycles. The Balaban J connectivity index is 2.20. The van der Waals surface area contributed by atoms with Crippen molar-refractivity contribution in [1.82, 2.24) is 9.97 Å². The Morgan fingerprint density at radius 3 is 2.94 bits per heavy atom. The molecule has 1 unspecified atom stereocenters. The highest BCUT2D eigenvalue weighted by Crippen LogP contribution is 2.30. The summed E-state index contributed by atoms with van der Waals surface area (Å²) >= 11 is 6.10. The zero-order valence-electron chi connectivity index (χ0n) is 9.86. The second-order valence-corrected chi connectivity index (χ2v) is 5.11. The molecule has 0 saturated carbocycles. The number of rotatable bonds is 1. The maximum atomic E-state index is 10.0. The Hall–Kier alpha value is -1.07. The van der Waals surface area contributed by atoms with E-state index in [-0.39, 0.29) is 0 Å². The van der Waals surface area contributed by atoms with E-state index in [0.29, 0.717) is 23.1 Å². The second-order valence-electron chi connectivity index (χ2n) is 4.73. The molecule has 0 bridgehead atoms. The molecule has 1 fully saturated rings. The summed E-state index contributed by atoms with van der Waals surface area (Å²) in [4.78, 5) is 10.1. The van der Waals surface area contributed by atoms with Crippen LogP contribution in [0.25, 0.3) is 0 Å². The van der Waals surface area contributed by atoms with Gasteiger partial charge in [0.05, 0.1) is 5.60 Å². The summed E-state index contributed by atoms with van der Waals surface area (Å²) in [7, 11) is 0. The zero-order valence-corrected chi connectivity index (χ0v) is 10.6. The van der Waals surface area contributed by atoms with E-state index in [9.17, 15) is 5.11 Å². The summed E-state index contributed by atoms with van der Waals surface area (Å²) in [6.07, 6.45) is 3.82. The third-order valence-electron chi connectivity index (χ3n) is 3.16. The van der Waals surface area contributed by atoms with E-state index < -0.39 is 5.60 Å². The quantitative estimate of drug-likeness (QED) is 0.796. The fraction of sp³-hybridized carbons (Fsp3) is 0.636. The molecule has 5 nitrogen and oxygen atoms in total. The lowest BCUT2D eigenvalue weighted by Gasteiger charge is -2.24. The molecule has 1 saturated heterocycles. The van der Waals surface area contributed by atoms with Gasteiger partial charge < -0.3 is 15.7 Å². The molecule has 17 heavy (non-hydrogen) atoms. The number of hydrogen-bond donors (Lipinski definition) is 2. The minimum Gasteiger partial charge on any atom is -0.390 e. The molecule has 0 radical (unpaired) electrons. The summed E-state index contributed by atoms with van der Waals surface area (Å²) in [6.45, 7) is 3.42. The molecular weight excluding hydrogens is 240 g/mol. The standard InChI is InChI=1S/C11H17ClN4O/c1-11(17)3-2-5-16(6-4-11)10-8(12)9(13)14-7-15-10/h7,17H,2-6H2,1H3,(H2,13,14,15). The predicted molar refractivity (Wildman–Crippen MR) is 68.1 cm³/mol. The molecule has 3 N–H and O–H groups in total. The fourth-order valence-electron chi connectivity index (χ4n) is 2.07. The van der Waals surface area contributed by atoms with Gasteiger partial charge in [-0.2, -0.15) is 0 Å². The highest BCUT2D eigenvalue weighted by molar-refractivity contribution is 6.35. The molecule has 0 amide bonds. The first-order valence-corrected chi connectivity index (χ1v) is 6.11.